The Kier molecular flexibility index (Phi) is 2.87. The molecule has 0 aromatic heterocycles. The monoisotopic (exact) mass is 182 g/mol. The van der Waals surface area contributed by atoms with Gasteiger partial charge in [0.15, 0.2) is 6.29 Å². The molecule has 0 unspecified atom stereocenters. The lowest BCUT2D eigenvalue weighted by molar-refractivity contribution is -0.00116. The molecule has 70 valence electrons. The van der Waals surface area contributed by atoms with Crippen LogP contribution in [0.1, 0.15) is 17.3 Å². The van der Waals surface area contributed by atoms with E-state index < -0.39 is 12.3 Å². The molecule has 1 aromatic rings. The van der Waals surface area contributed by atoms with Gasteiger partial charge in [0.1, 0.15) is 11.3 Å². The summed E-state index contributed by atoms with van der Waals surface area (Å²) in [4.78, 5) is 10.6. The number of aromatic carboxylic acids is 1. The standard InChI is InChI=1S/C9H10O4/c1-6(10)13-8-5-3-2-4-7(8)9(11)12/h2-6,10H,1H3,(H,11,12)/t6-/m0/s1. The quantitative estimate of drug-likeness (QED) is 0.687. The van der Waals surface area contributed by atoms with Crippen LogP contribution in [0.4, 0.5) is 0 Å². The van der Waals surface area contributed by atoms with E-state index in [0.717, 1.165) is 0 Å². The zero-order valence-electron chi connectivity index (χ0n) is 7.10. The smallest absolute Gasteiger partial charge is 0.339 e. The van der Waals surface area contributed by atoms with E-state index in [2.05, 4.69) is 0 Å². The highest BCUT2D eigenvalue weighted by Crippen LogP contribution is 2.18. The minimum atomic E-state index is -1.07. The zero-order chi connectivity index (χ0) is 9.84. The zero-order valence-corrected chi connectivity index (χ0v) is 7.10. The minimum Gasteiger partial charge on any atom is -0.478 e. The molecular formula is C9H10O4. The lowest BCUT2D eigenvalue weighted by Gasteiger charge is -2.10. The summed E-state index contributed by atoms with van der Waals surface area (Å²) in [6.07, 6.45) is -1.01. The first-order chi connectivity index (χ1) is 6.11. The van der Waals surface area contributed by atoms with Crippen molar-refractivity contribution in [1.82, 2.24) is 0 Å². The summed E-state index contributed by atoms with van der Waals surface area (Å²) >= 11 is 0. The topological polar surface area (TPSA) is 66.8 Å². The third-order valence-electron chi connectivity index (χ3n) is 1.41. The number of rotatable bonds is 3. The van der Waals surface area contributed by atoms with Gasteiger partial charge in [0.25, 0.3) is 0 Å². The first kappa shape index (κ1) is 9.54. The molecule has 4 nitrogen and oxygen atoms in total. The lowest BCUT2D eigenvalue weighted by atomic mass is 10.2. The van der Waals surface area contributed by atoms with Crippen molar-refractivity contribution in [3.63, 3.8) is 0 Å². The second-order valence-electron chi connectivity index (χ2n) is 2.52. The average molecular weight is 182 g/mol. The van der Waals surface area contributed by atoms with Crippen LogP contribution >= 0.6 is 0 Å². The van der Waals surface area contributed by atoms with Gasteiger partial charge in [0.05, 0.1) is 0 Å². The van der Waals surface area contributed by atoms with Gasteiger partial charge in [0, 0.05) is 0 Å². The molecule has 0 heterocycles. The SMILES string of the molecule is C[C@@H](O)Oc1ccccc1C(=O)O. The van der Waals surface area contributed by atoms with Crippen molar-refractivity contribution in [3.05, 3.63) is 29.8 Å². The highest BCUT2D eigenvalue weighted by atomic mass is 16.6. The molecule has 0 bridgehead atoms. The largest absolute Gasteiger partial charge is 0.478 e. The van der Waals surface area contributed by atoms with Crippen molar-refractivity contribution in [2.75, 3.05) is 0 Å². The molecule has 0 spiro atoms. The number of ether oxygens (including phenoxy) is 1. The maximum absolute atomic E-state index is 10.6. The van der Waals surface area contributed by atoms with Gasteiger partial charge in [-0.2, -0.15) is 0 Å². The van der Waals surface area contributed by atoms with Crippen LogP contribution in [0.15, 0.2) is 24.3 Å². The Morgan fingerprint density at radius 3 is 2.62 bits per heavy atom. The van der Waals surface area contributed by atoms with Crippen molar-refractivity contribution in [2.24, 2.45) is 0 Å². The van der Waals surface area contributed by atoms with Crippen LogP contribution in [0.25, 0.3) is 0 Å². The summed E-state index contributed by atoms with van der Waals surface area (Å²) in [6.45, 7) is 1.42. The van der Waals surface area contributed by atoms with Crippen LogP contribution in [0.3, 0.4) is 0 Å². The van der Waals surface area contributed by atoms with Crippen molar-refractivity contribution in [3.8, 4) is 5.75 Å². The molecule has 4 heteroatoms. The third kappa shape index (κ3) is 2.45. The van der Waals surface area contributed by atoms with Gasteiger partial charge in [-0.25, -0.2) is 4.79 Å². The Morgan fingerprint density at radius 1 is 1.46 bits per heavy atom. The average Bonchev–Trinajstić information content (AvgIpc) is 2.03. The van der Waals surface area contributed by atoms with E-state index in [1.807, 2.05) is 0 Å². The molecular weight excluding hydrogens is 172 g/mol. The van der Waals surface area contributed by atoms with E-state index >= 15 is 0 Å². The molecule has 2 N–H and O–H groups in total. The van der Waals surface area contributed by atoms with Gasteiger partial charge in [-0.15, -0.1) is 0 Å². The number of para-hydroxylation sites is 1. The van der Waals surface area contributed by atoms with Crippen LogP contribution in [0.5, 0.6) is 5.75 Å². The molecule has 0 aliphatic heterocycles. The summed E-state index contributed by atoms with van der Waals surface area (Å²) in [5, 5.41) is 17.6. The molecule has 13 heavy (non-hydrogen) atoms. The molecule has 0 saturated heterocycles. The Balaban J connectivity index is 2.98. The summed E-state index contributed by atoms with van der Waals surface area (Å²) < 4.78 is 4.88. The number of benzene rings is 1. The fourth-order valence-corrected chi connectivity index (χ4v) is 0.930. The van der Waals surface area contributed by atoms with Crippen LogP contribution in [-0.2, 0) is 0 Å². The fourth-order valence-electron chi connectivity index (χ4n) is 0.930. The highest BCUT2D eigenvalue weighted by molar-refractivity contribution is 5.90. The van der Waals surface area contributed by atoms with E-state index in [1.54, 1.807) is 12.1 Å². The molecule has 0 aliphatic carbocycles. The summed E-state index contributed by atoms with van der Waals surface area (Å²) in [7, 11) is 0. The molecule has 0 radical (unpaired) electrons. The third-order valence-corrected chi connectivity index (χ3v) is 1.41. The normalized spacial score (nSPS) is 12.2. The Labute approximate surface area is 75.4 Å². The number of hydrogen-bond donors (Lipinski definition) is 2. The van der Waals surface area contributed by atoms with Crippen LogP contribution in [0.2, 0.25) is 0 Å². The Hall–Kier alpha value is -1.55. The maximum Gasteiger partial charge on any atom is 0.339 e. The van der Waals surface area contributed by atoms with Gasteiger partial charge >= 0.3 is 5.97 Å². The van der Waals surface area contributed by atoms with Gasteiger partial charge < -0.3 is 14.9 Å². The molecule has 1 rings (SSSR count). The predicted molar refractivity (Wildman–Crippen MR) is 45.7 cm³/mol. The second kappa shape index (κ2) is 3.91. The summed E-state index contributed by atoms with van der Waals surface area (Å²) in [5.41, 5.74) is 0.0448. The molecule has 0 aliphatic rings. The molecule has 0 fully saturated rings. The summed E-state index contributed by atoms with van der Waals surface area (Å²) in [5.74, 6) is -0.902. The van der Waals surface area contributed by atoms with E-state index in [4.69, 9.17) is 14.9 Å². The second-order valence-corrected chi connectivity index (χ2v) is 2.52. The van der Waals surface area contributed by atoms with Crippen molar-refractivity contribution < 1.29 is 19.7 Å². The first-order valence-electron chi connectivity index (χ1n) is 3.78. The van der Waals surface area contributed by atoms with Crippen molar-refractivity contribution in [2.45, 2.75) is 13.2 Å². The van der Waals surface area contributed by atoms with Gasteiger partial charge in [-0.05, 0) is 19.1 Å². The number of aliphatic hydroxyl groups is 1. The van der Waals surface area contributed by atoms with Gasteiger partial charge in [-0.3, -0.25) is 0 Å². The first-order valence-corrected chi connectivity index (χ1v) is 3.78. The molecule has 0 saturated carbocycles. The van der Waals surface area contributed by atoms with Gasteiger partial charge in [-0.1, -0.05) is 12.1 Å². The Bertz CT molecular complexity index is 306. The van der Waals surface area contributed by atoms with Crippen LogP contribution in [0, 0.1) is 0 Å². The maximum atomic E-state index is 10.6. The van der Waals surface area contributed by atoms with E-state index in [1.165, 1.54) is 19.1 Å². The molecule has 0 amide bonds. The molecule has 1 aromatic carbocycles. The van der Waals surface area contributed by atoms with E-state index in [-0.39, 0.29) is 11.3 Å². The number of hydrogen-bond acceptors (Lipinski definition) is 3. The molecule has 1 atom stereocenters. The highest BCUT2D eigenvalue weighted by Gasteiger charge is 2.10. The number of carbonyl (C=O) groups is 1. The van der Waals surface area contributed by atoms with E-state index in [9.17, 15) is 4.79 Å². The number of carboxylic acids is 1. The number of aliphatic hydroxyl groups excluding tert-OH is 1. The fraction of sp³-hybridized carbons (Fsp3) is 0.222. The Morgan fingerprint density at radius 2 is 2.08 bits per heavy atom. The number of carboxylic acid groups (broad SMARTS) is 1. The van der Waals surface area contributed by atoms with Crippen LogP contribution < -0.4 is 4.74 Å². The van der Waals surface area contributed by atoms with E-state index in [0.29, 0.717) is 0 Å². The summed E-state index contributed by atoms with van der Waals surface area (Å²) in [6, 6.07) is 6.15. The lowest BCUT2D eigenvalue weighted by Crippen LogP contribution is -2.12. The van der Waals surface area contributed by atoms with Crippen molar-refractivity contribution >= 4 is 5.97 Å². The predicted octanol–water partition coefficient (Wildman–Crippen LogP) is 1.10. The van der Waals surface area contributed by atoms with Gasteiger partial charge in [0.2, 0.25) is 0 Å². The van der Waals surface area contributed by atoms with Crippen LogP contribution in [-0.4, -0.2) is 22.5 Å². The van der Waals surface area contributed by atoms with Crippen molar-refractivity contribution in [1.29, 1.82) is 0 Å². The minimum absolute atomic E-state index is 0.0448.